The number of halogens is 1. The lowest BCUT2D eigenvalue weighted by Crippen LogP contribution is -2.23. The third-order valence-corrected chi connectivity index (χ3v) is 4.30. The van der Waals surface area contributed by atoms with Gasteiger partial charge in [-0.25, -0.2) is 4.52 Å². The van der Waals surface area contributed by atoms with Crippen molar-refractivity contribution in [3.63, 3.8) is 0 Å². The normalized spacial score (nSPS) is 23.7. The summed E-state index contributed by atoms with van der Waals surface area (Å²) < 4.78 is 2.70. The van der Waals surface area contributed by atoms with E-state index in [-0.39, 0.29) is 6.10 Å². The van der Waals surface area contributed by atoms with E-state index in [2.05, 4.69) is 31.3 Å². The van der Waals surface area contributed by atoms with Crippen molar-refractivity contribution < 1.29 is 5.11 Å². The molecule has 2 N–H and O–H groups in total. The molecular formula is C13H17BrN4O. The average Bonchev–Trinajstić information content (AvgIpc) is 2.83. The highest BCUT2D eigenvalue weighted by atomic mass is 79.9. The van der Waals surface area contributed by atoms with Crippen LogP contribution in [0.5, 0.6) is 0 Å². The second-order valence-electron chi connectivity index (χ2n) is 5.12. The monoisotopic (exact) mass is 324 g/mol. The number of hydrogen-bond donors (Lipinski definition) is 2. The highest BCUT2D eigenvalue weighted by Crippen LogP contribution is 2.24. The fourth-order valence-corrected chi connectivity index (χ4v) is 2.96. The van der Waals surface area contributed by atoms with Crippen molar-refractivity contribution in [3.05, 3.63) is 22.8 Å². The molecule has 102 valence electrons. The first kappa shape index (κ1) is 12.9. The first-order chi connectivity index (χ1) is 9.22. The number of anilines is 1. The van der Waals surface area contributed by atoms with Gasteiger partial charge in [0.15, 0.2) is 5.65 Å². The lowest BCUT2D eigenvalue weighted by Gasteiger charge is -2.25. The van der Waals surface area contributed by atoms with Gasteiger partial charge < -0.3 is 10.4 Å². The molecule has 2 heterocycles. The van der Waals surface area contributed by atoms with Crippen LogP contribution >= 0.6 is 15.9 Å². The number of nitrogens with zero attached hydrogens (tertiary/aromatic N) is 3. The van der Waals surface area contributed by atoms with Gasteiger partial charge in [-0.05, 0) is 59.7 Å². The standard InChI is InChI=1S/C13H17BrN4O/c14-11-2-1-7-18-12(11)16-13(17-18)15-8-9-3-5-10(19)6-4-9/h1-2,7,9-10,19H,3-6,8H2,(H,15,17). The second kappa shape index (κ2) is 5.46. The zero-order chi connectivity index (χ0) is 13.2. The Labute approximate surface area is 120 Å². The van der Waals surface area contributed by atoms with E-state index in [1.165, 1.54) is 0 Å². The summed E-state index contributed by atoms with van der Waals surface area (Å²) in [5.41, 5.74) is 0.823. The van der Waals surface area contributed by atoms with E-state index < -0.39 is 0 Å². The van der Waals surface area contributed by atoms with Crippen molar-refractivity contribution in [1.82, 2.24) is 14.6 Å². The molecule has 0 bridgehead atoms. The van der Waals surface area contributed by atoms with Crippen molar-refractivity contribution in [2.24, 2.45) is 5.92 Å². The number of nitrogens with one attached hydrogen (secondary N) is 1. The summed E-state index contributed by atoms with van der Waals surface area (Å²) in [5.74, 6) is 1.27. The quantitative estimate of drug-likeness (QED) is 0.910. The molecule has 2 aromatic rings. The minimum absolute atomic E-state index is 0.0967. The summed E-state index contributed by atoms with van der Waals surface area (Å²) in [6.45, 7) is 0.876. The minimum atomic E-state index is -0.0967. The maximum atomic E-state index is 9.48. The van der Waals surface area contributed by atoms with Crippen LogP contribution in [0.4, 0.5) is 5.95 Å². The molecule has 0 unspecified atom stereocenters. The van der Waals surface area contributed by atoms with Crippen LogP contribution in [0, 0.1) is 5.92 Å². The molecule has 0 saturated heterocycles. The van der Waals surface area contributed by atoms with E-state index in [1.54, 1.807) is 4.52 Å². The Morgan fingerprint density at radius 1 is 1.37 bits per heavy atom. The predicted molar refractivity (Wildman–Crippen MR) is 77.1 cm³/mol. The highest BCUT2D eigenvalue weighted by molar-refractivity contribution is 9.10. The second-order valence-corrected chi connectivity index (χ2v) is 5.97. The van der Waals surface area contributed by atoms with Crippen LogP contribution in [0.1, 0.15) is 25.7 Å². The SMILES string of the molecule is OC1CCC(CNc2nc3c(Br)cccn3n2)CC1. The van der Waals surface area contributed by atoms with Gasteiger partial charge in [0.05, 0.1) is 10.6 Å². The highest BCUT2D eigenvalue weighted by Gasteiger charge is 2.19. The maximum absolute atomic E-state index is 9.48. The van der Waals surface area contributed by atoms with Gasteiger partial charge in [-0.15, -0.1) is 5.10 Å². The van der Waals surface area contributed by atoms with Gasteiger partial charge in [-0.2, -0.15) is 4.98 Å². The van der Waals surface area contributed by atoms with E-state index in [0.717, 1.165) is 42.3 Å². The third-order valence-electron chi connectivity index (χ3n) is 3.68. The summed E-state index contributed by atoms with van der Waals surface area (Å²) in [7, 11) is 0. The molecule has 6 heteroatoms. The molecule has 19 heavy (non-hydrogen) atoms. The molecule has 3 rings (SSSR count). The largest absolute Gasteiger partial charge is 0.393 e. The van der Waals surface area contributed by atoms with Crippen LogP contribution in [-0.2, 0) is 0 Å². The van der Waals surface area contributed by atoms with E-state index in [4.69, 9.17) is 0 Å². The lowest BCUT2D eigenvalue weighted by molar-refractivity contribution is 0.111. The van der Waals surface area contributed by atoms with Gasteiger partial charge in [0, 0.05) is 12.7 Å². The van der Waals surface area contributed by atoms with Crippen molar-refractivity contribution in [2.75, 3.05) is 11.9 Å². The summed E-state index contributed by atoms with van der Waals surface area (Å²) in [5, 5.41) is 17.2. The first-order valence-electron chi connectivity index (χ1n) is 6.65. The summed E-state index contributed by atoms with van der Waals surface area (Å²) in [6.07, 6.45) is 5.76. The predicted octanol–water partition coefficient (Wildman–Crippen LogP) is 2.45. The molecule has 0 spiro atoms. The van der Waals surface area contributed by atoms with Crippen LogP contribution in [0.15, 0.2) is 22.8 Å². The van der Waals surface area contributed by atoms with E-state index >= 15 is 0 Å². The zero-order valence-electron chi connectivity index (χ0n) is 10.6. The topological polar surface area (TPSA) is 62.5 Å². The van der Waals surface area contributed by atoms with Crippen LogP contribution in [0.3, 0.4) is 0 Å². The van der Waals surface area contributed by atoms with Crippen LogP contribution in [-0.4, -0.2) is 32.4 Å². The van der Waals surface area contributed by atoms with Gasteiger partial charge in [0.2, 0.25) is 5.95 Å². The van der Waals surface area contributed by atoms with Gasteiger partial charge >= 0.3 is 0 Å². The van der Waals surface area contributed by atoms with Gasteiger partial charge in [0.25, 0.3) is 0 Å². The first-order valence-corrected chi connectivity index (χ1v) is 7.44. The van der Waals surface area contributed by atoms with E-state index in [0.29, 0.717) is 11.9 Å². The Bertz CT molecular complexity index is 563. The molecule has 2 aromatic heterocycles. The third kappa shape index (κ3) is 2.90. The summed E-state index contributed by atoms with van der Waals surface area (Å²) in [6, 6.07) is 3.88. The fourth-order valence-electron chi connectivity index (χ4n) is 2.53. The summed E-state index contributed by atoms with van der Waals surface area (Å²) >= 11 is 3.47. The number of fused-ring (bicyclic) bond motifs is 1. The van der Waals surface area contributed by atoms with E-state index in [1.807, 2.05) is 18.3 Å². The Balaban J connectivity index is 1.64. The average molecular weight is 325 g/mol. The fraction of sp³-hybridized carbons (Fsp3) is 0.538. The Hall–Kier alpha value is -1.14. The Morgan fingerprint density at radius 2 is 2.16 bits per heavy atom. The number of aromatic nitrogens is 3. The molecule has 0 radical (unpaired) electrons. The van der Waals surface area contributed by atoms with Crippen molar-refractivity contribution in [2.45, 2.75) is 31.8 Å². The van der Waals surface area contributed by atoms with Crippen LogP contribution < -0.4 is 5.32 Å². The van der Waals surface area contributed by atoms with Gasteiger partial charge in [-0.1, -0.05) is 0 Å². The molecule has 1 aliphatic rings. The lowest BCUT2D eigenvalue weighted by atomic mass is 9.87. The minimum Gasteiger partial charge on any atom is -0.393 e. The van der Waals surface area contributed by atoms with E-state index in [9.17, 15) is 5.11 Å². The number of aliphatic hydroxyl groups excluding tert-OH is 1. The number of aliphatic hydroxyl groups is 1. The Morgan fingerprint density at radius 3 is 2.89 bits per heavy atom. The summed E-state index contributed by atoms with van der Waals surface area (Å²) in [4.78, 5) is 4.46. The number of rotatable bonds is 3. The zero-order valence-corrected chi connectivity index (χ0v) is 12.2. The Kier molecular flexibility index (Phi) is 3.70. The van der Waals surface area contributed by atoms with Crippen molar-refractivity contribution in [3.8, 4) is 0 Å². The van der Waals surface area contributed by atoms with Crippen LogP contribution in [0.2, 0.25) is 0 Å². The molecular weight excluding hydrogens is 308 g/mol. The van der Waals surface area contributed by atoms with Gasteiger partial charge in [0.1, 0.15) is 0 Å². The molecule has 0 aromatic carbocycles. The molecule has 1 saturated carbocycles. The number of pyridine rings is 1. The molecule has 0 atom stereocenters. The van der Waals surface area contributed by atoms with Crippen molar-refractivity contribution in [1.29, 1.82) is 0 Å². The molecule has 0 amide bonds. The van der Waals surface area contributed by atoms with Crippen LogP contribution in [0.25, 0.3) is 5.65 Å². The van der Waals surface area contributed by atoms with Gasteiger partial charge in [-0.3, -0.25) is 0 Å². The van der Waals surface area contributed by atoms with Crippen molar-refractivity contribution >= 4 is 27.5 Å². The number of hydrogen-bond acceptors (Lipinski definition) is 4. The molecule has 5 nitrogen and oxygen atoms in total. The molecule has 0 aliphatic heterocycles. The maximum Gasteiger partial charge on any atom is 0.243 e. The smallest absolute Gasteiger partial charge is 0.243 e. The molecule has 1 fully saturated rings. The molecule has 1 aliphatic carbocycles.